The Morgan fingerprint density at radius 2 is 2.21 bits per heavy atom. The molecule has 82 valence electrons. The minimum Gasteiger partial charge on any atom is -0.383 e. The average molecular weight is 201 g/mol. The number of hydrogen-bond acceptors (Lipinski definition) is 3. The van der Waals surface area contributed by atoms with Gasteiger partial charge in [0.2, 0.25) is 0 Å². The zero-order chi connectivity index (χ0) is 10.2. The minimum atomic E-state index is -0.0889. The van der Waals surface area contributed by atoms with Crippen LogP contribution >= 0.6 is 0 Å². The molecule has 5 heteroatoms. The number of carbonyl (C=O) groups is 1. The van der Waals surface area contributed by atoms with Crippen LogP contribution in [-0.2, 0) is 4.74 Å². The number of carbonyl (C=O) groups excluding carboxylic acids is 1. The highest BCUT2D eigenvalue weighted by molar-refractivity contribution is 5.74. The van der Waals surface area contributed by atoms with Crippen molar-refractivity contribution < 1.29 is 9.53 Å². The summed E-state index contributed by atoms with van der Waals surface area (Å²) in [4.78, 5) is 11.3. The van der Waals surface area contributed by atoms with Crippen molar-refractivity contribution in [3.8, 4) is 0 Å². The summed E-state index contributed by atoms with van der Waals surface area (Å²) in [5.74, 6) is 0. The molecule has 3 N–H and O–H groups in total. The molecule has 0 saturated carbocycles. The van der Waals surface area contributed by atoms with Gasteiger partial charge < -0.3 is 20.7 Å². The first-order valence-electron chi connectivity index (χ1n) is 5.07. The average Bonchev–Trinajstić information content (AvgIpc) is 2.20. The molecule has 0 radical (unpaired) electrons. The molecule has 1 heterocycles. The molecular weight excluding hydrogens is 182 g/mol. The first-order chi connectivity index (χ1) is 6.83. The fraction of sp³-hybridized carbons (Fsp3) is 0.889. The molecule has 1 aliphatic rings. The molecule has 1 aliphatic heterocycles. The van der Waals surface area contributed by atoms with E-state index in [1.165, 1.54) is 0 Å². The van der Waals surface area contributed by atoms with E-state index in [4.69, 9.17) is 4.74 Å². The summed E-state index contributed by atoms with van der Waals surface area (Å²) in [6, 6.07) is 0.229. The van der Waals surface area contributed by atoms with Crippen molar-refractivity contribution in [2.45, 2.75) is 18.9 Å². The van der Waals surface area contributed by atoms with E-state index in [2.05, 4.69) is 16.0 Å². The van der Waals surface area contributed by atoms with Crippen LogP contribution in [0.2, 0.25) is 0 Å². The molecule has 0 aromatic carbocycles. The summed E-state index contributed by atoms with van der Waals surface area (Å²) in [5, 5.41) is 8.92. The highest BCUT2D eigenvalue weighted by Gasteiger charge is 2.14. The van der Waals surface area contributed by atoms with Crippen LogP contribution in [-0.4, -0.2) is 45.4 Å². The van der Waals surface area contributed by atoms with E-state index < -0.39 is 0 Å². The van der Waals surface area contributed by atoms with Crippen molar-refractivity contribution in [2.75, 3.05) is 33.4 Å². The lowest BCUT2D eigenvalue weighted by molar-refractivity contribution is 0.194. The molecule has 2 amide bonds. The Hall–Kier alpha value is -0.810. The van der Waals surface area contributed by atoms with Crippen LogP contribution in [0, 0.1) is 0 Å². The van der Waals surface area contributed by atoms with Gasteiger partial charge in [0.25, 0.3) is 0 Å². The van der Waals surface area contributed by atoms with Gasteiger partial charge in [-0.05, 0) is 25.9 Å². The zero-order valence-electron chi connectivity index (χ0n) is 8.64. The maximum absolute atomic E-state index is 11.3. The zero-order valence-corrected chi connectivity index (χ0v) is 8.64. The van der Waals surface area contributed by atoms with Gasteiger partial charge in [-0.25, -0.2) is 4.79 Å². The largest absolute Gasteiger partial charge is 0.383 e. The molecule has 0 spiro atoms. The quantitative estimate of drug-likeness (QED) is 0.546. The van der Waals surface area contributed by atoms with Crippen LogP contribution in [0.4, 0.5) is 4.79 Å². The molecule has 0 aliphatic carbocycles. The summed E-state index contributed by atoms with van der Waals surface area (Å²) < 4.78 is 4.83. The molecule has 0 aromatic rings. The number of amides is 2. The van der Waals surface area contributed by atoms with Crippen molar-refractivity contribution in [3.05, 3.63) is 0 Å². The van der Waals surface area contributed by atoms with Crippen LogP contribution in [0.5, 0.6) is 0 Å². The van der Waals surface area contributed by atoms with Gasteiger partial charge in [0.15, 0.2) is 0 Å². The SMILES string of the molecule is COCCNC(=O)NC1CCNCC1. The summed E-state index contributed by atoms with van der Waals surface area (Å²) in [6.07, 6.45) is 2.02. The fourth-order valence-electron chi connectivity index (χ4n) is 1.47. The van der Waals surface area contributed by atoms with Crippen molar-refractivity contribution in [3.63, 3.8) is 0 Å². The number of rotatable bonds is 4. The third-order valence-corrected chi connectivity index (χ3v) is 2.27. The van der Waals surface area contributed by atoms with Crippen LogP contribution in [0.25, 0.3) is 0 Å². The Labute approximate surface area is 84.6 Å². The van der Waals surface area contributed by atoms with Gasteiger partial charge in [0.1, 0.15) is 0 Å². The number of nitrogens with one attached hydrogen (secondary N) is 3. The molecule has 0 unspecified atom stereocenters. The molecule has 5 nitrogen and oxygen atoms in total. The Morgan fingerprint density at radius 1 is 1.50 bits per heavy atom. The lowest BCUT2D eigenvalue weighted by Gasteiger charge is -2.23. The van der Waals surface area contributed by atoms with Gasteiger partial charge in [-0.3, -0.25) is 0 Å². The molecule has 0 aromatic heterocycles. The third kappa shape index (κ3) is 4.43. The number of urea groups is 1. The lowest BCUT2D eigenvalue weighted by Crippen LogP contribution is -2.47. The van der Waals surface area contributed by atoms with Gasteiger partial charge in [-0.15, -0.1) is 0 Å². The van der Waals surface area contributed by atoms with Gasteiger partial charge in [-0.1, -0.05) is 0 Å². The monoisotopic (exact) mass is 201 g/mol. The van der Waals surface area contributed by atoms with Crippen LogP contribution in [0.3, 0.4) is 0 Å². The molecule has 1 fully saturated rings. The predicted molar refractivity (Wildman–Crippen MR) is 54.3 cm³/mol. The predicted octanol–water partition coefficient (Wildman–Crippen LogP) is -0.316. The van der Waals surface area contributed by atoms with E-state index >= 15 is 0 Å². The highest BCUT2D eigenvalue weighted by Crippen LogP contribution is 2.00. The van der Waals surface area contributed by atoms with Crippen molar-refractivity contribution in [1.82, 2.24) is 16.0 Å². The van der Waals surface area contributed by atoms with Gasteiger partial charge >= 0.3 is 6.03 Å². The van der Waals surface area contributed by atoms with Crippen molar-refractivity contribution in [2.24, 2.45) is 0 Å². The standard InChI is InChI=1S/C9H19N3O2/c1-14-7-6-11-9(13)12-8-2-4-10-5-3-8/h8,10H,2-7H2,1H3,(H2,11,12,13). The maximum Gasteiger partial charge on any atom is 0.315 e. The van der Waals surface area contributed by atoms with Crippen molar-refractivity contribution >= 4 is 6.03 Å². The van der Waals surface area contributed by atoms with Gasteiger partial charge in [-0.2, -0.15) is 0 Å². The van der Waals surface area contributed by atoms with E-state index in [0.29, 0.717) is 19.2 Å². The second-order valence-corrected chi connectivity index (χ2v) is 3.42. The van der Waals surface area contributed by atoms with Crippen LogP contribution in [0.15, 0.2) is 0 Å². The van der Waals surface area contributed by atoms with Gasteiger partial charge in [0, 0.05) is 19.7 Å². The summed E-state index contributed by atoms with van der Waals surface area (Å²) in [5.41, 5.74) is 0. The molecule has 0 bridgehead atoms. The summed E-state index contributed by atoms with van der Waals surface area (Å²) in [7, 11) is 1.62. The van der Waals surface area contributed by atoms with Crippen LogP contribution in [0.1, 0.15) is 12.8 Å². The van der Waals surface area contributed by atoms with E-state index in [1.54, 1.807) is 7.11 Å². The normalized spacial score (nSPS) is 17.8. The first kappa shape index (κ1) is 11.3. The number of methoxy groups -OCH3 is 1. The molecular formula is C9H19N3O2. The number of ether oxygens (including phenoxy) is 1. The Balaban J connectivity index is 2.06. The minimum absolute atomic E-state index is 0.0889. The number of piperidine rings is 1. The van der Waals surface area contributed by atoms with Crippen LogP contribution < -0.4 is 16.0 Å². The molecule has 1 rings (SSSR count). The molecule has 0 atom stereocenters. The summed E-state index contributed by atoms with van der Waals surface area (Å²) >= 11 is 0. The molecule has 14 heavy (non-hydrogen) atoms. The first-order valence-corrected chi connectivity index (χ1v) is 5.07. The van der Waals surface area contributed by atoms with E-state index in [-0.39, 0.29) is 6.03 Å². The van der Waals surface area contributed by atoms with E-state index in [1.807, 2.05) is 0 Å². The van der Waals surface area contributed by atoms with Gasteiger partial charge in [0.05, 0.1) is 6.61 Å². The highest BCUT2D eigenvalue weighted by atomic mass is 16.5. The Bertz CT molecular complexity index is 169. The summed E-state index contributed by atoms with van der Waals surface area (Å²) in [6.45, 7) is 3.10. The van der Waals surface area contributed by atoms with E-state index in [0.717, 1.165) is 25.9 Å². The molecule has 1 saturated heterocycles. The van der Waals surface area contributed by atoms with E-state index in [9.17, 15) is 4.79 Å². The maximum atomic E-state index is 11.3. The third-order valence-electron chi connectivity index (χ3n) is 2.27. The second-order valence-electron chi connectivity index (χ2n) is 3.42. The number of hydrogen-bond donors (Lipinski definition) is 3. The lowest BCUT2D eigenvalue weighted by atomic mass is 10.1. The Kier molecular flexibility index (Phi) is 5.32. The van der Waals surface area contributed by atoms with Crippen molar-refractivity contribution in [1.29, 1.82) is 0 Å². The second kappa shape index (κ2) is 6.62. The fourth-order valence-corrected chi connectivity index (χ4v) is 1.47. The Morgan fingerprint density at radius 3 is 2.86 bits per heavy atom. The topological polar surface area (TPSA) is 62.4 Å². The smallest absolute Gasteiger partial charge is 0.315 e.